The first kappa shape index (κ1) is 22.5. The number of rotatable bonds is 14. The first-order valence-corrected chi connectivity index (χ1v) is 11.0. The van der Waals surface area contributed by atoms with Crippen LogP contribution in [0, 0.1) is 0 Å². The summed E-state index contributed by atoms with van der Waals surface area (Å²) in [5.41, 5.74) is 0. The molecule has 0 saturated heterocycles. The van der Waals surface area contributed by atoms with Crippen LogP contribution in [0.15, 0.2) is 0 Å². The number of carbonyl (C=O) groups is 1. The summed E-state index contributed by atoms with van der Waals surface area (Å²) in [5.74, 6) is 0.00610. The van der Waals surface area contributed by atoms with Crippen LogP contribution in [0.1, 0.15) is 103 Å². The molecule has 148 valence electrons. The van der Waals surface area contributed by atoms with E-state index >= 15 is 0 Å². The van der Waals surface area contributed by atoms with Gasteiger partial charge in [-0.2, -0.15) is 0 Å². The molecule has 0 aromatic rings. The van der Waals surface area contributed by atoms with E-state index in [0.717, 1.165) is 23.5 Å². The summed E-state index contributed by atoms with van der Waals surface area (Å²) in [6.45, 7) is 3.79. The van der Waals surface area contributed by atoms with Gasteiger partial charge in [0.2, 0.25) is 0 Å². The lowest BCUT2D eigenvalue weighted by Gasteiger charge is -2.40. The molecule has 0 radical (unpaired) electrons. The Kier molecular flexibility index (Phi) is 12.2. The van der Waals surface area contributed by atoms with Crippen molar-refractivity contribution in [1.29, 1.82) is 0 Å². The van der Waals surface area contributed by atoms with Crippen LogP contribution in [0.4, 0.5) is 0 Å². The second kappa shape index (κ2) is 13.6. The minimum atomic E-state index is 0.00610. The highest BCUT2D eigenvalue weighted by Crippen LogP contribution is 2.25. The molecular weight excluding hydrogens is 310 g/mol. The molecule has 1 aliphatic rings. The molecule has 1 aliphatic carbocycles. The number of esters is 1. The Hall–Kier alpha value is -0.570. The molecule has 0 atom stereocenters. The lowest BCUT2D eigenvalue weighted by Crippen LogP contribution is -2.51. The van der Waals surface area contributed by atoms with E-state index in [1.807, 2.05) is 0 Å². The van der Waals surface area contributed by atoms with Gasteiger partial charge in [-0.25, -0.2) is 0 Å². The number of nitrogens with zero attached hydrogens (tertiary/aromatic N) is 1. The molecule has 0 amide bonds. The molecule has 0 N–H and O–H groups in total. The van der Waals surface area contributed by atoms with E-state index in [2.05, 4.69) is 21.0 Å². The number of quaternary nitrogens is 1. The maximum absolute atomic E-state index is 11.9. The van der Waals surface area contributed by atoms with E-state index in [9.17, 15) is 4.79 Å². The molecule has 0 unspecified atom stereocenters. The minimum absolute atomic E-state index is 0.00610. The average molecular weight is 355 g/mol. The largest absolute Gasteiger partial charge is 0.460 e. The topological polar surface area (TPSA) is 26.3 Å². The molecule has 3 nitrogen and oxygen atoms in total. The molecule has 0 aliphatic heterocycles. The van der Waals surface area contributed by atoms with Gasteiger partial charge < -0.3 is 9.22 Å². The Bertz CT molecular complexity index is 335. The SMILES string of the molecule is CCCCCCCCCCCC(=O)OCC[N+](C)(C)C1CCCCC1. The highest BCUT2D eigenvalue weighted by molar-refractivity contribution is 5.69. The molecule has 0 heterocycles. The number of ether oxygens (including phenoxy) is 1. The molecule has 3 heteroatoms. The molecule has 0 spiro atoms. The number of unbranched alkanes of at least 4 members (excludes halogenated alkanes) is 8. The van der Waals surface area contributed by atoms with Crippen molar-refractivity contribution in [1.82, 2.24) is 0 Å². The van der Waals surface area contributed by atoms with Gasteiger partial charge in [-0.1, -0.05) is 64.7 Å². The third-order valence-corrected chi connectivity index (χ3v) is 5.98. The summed E-state index contributed by atoms with van der Waals surface area (Å²) in [4.78, 5) is 11.9. The Balaban J connectivity index is 1.96. The van der Waals surface area contributed by atoms with Crippen LogP contribution in [-0.2, 0) is 9.53 Å². The first-order chi connectivity index (χ1) is 12.1. The third-order valence-electron chi connectivity index (χ3n) is 5.98. The molecular formula is C22H44NO2+. The molecule has 0 bridgehead atoms. The molecule has 0 aromatic carbocycles. The smallest absolute Gasteiger partial charge is 0.305 e. The minimum Gasteiger partial charge on any atom is -0.460 e. The zero-order chi connectivity index (χ0) is 18.4. The number of hydrogen-bond donors (Lipinski definition) is 0. The summed E-state index contributed by atoms with van der Waals surface area (Å²) >= 11 is 0. The van der Waals surface area contributed by atoms with Gasteiger partial charge in [0.15, 0.2) is 0 Å². The summed E-state index contributed by atoms with van der Waals surface area (Å²) in [6, 6.07) is 0.754. The monoisotopic (exact) mass is 354 g/mol. The van der Waals surface area contributed by atoms with Crippen molar-refractivity contribution in [3.05, 3.63) is 0 Å². The van der Waals surface area contributed by atoms with Gasteiger partial charge in [0.1, 0.15) is 13.2 Å². The lowest BCUT2D eigenvalue weighted by molar-refractivity contribution is -0.916. The van der Waals surface area contributed by atoms with Gasteiger partial charge in [-0.05, 0) is 32.1 Å². The number of likely N-dealkylation sites (N-methyl/N-ethyl adjacent to an activating group) is 1. The van der Waals surface area contributed by atoms with Gasteiger partial charge in [0.25, 0.3) is 0 Å². The van der Waals surface area contributed by atoms with E-state index in [1.165, 1.54) is 83.5 Å². The van der Waals surface area contributed by atoms with Gasteiger partial charge in [0, 0.05) is 6.42 Å². The van der Waals surface area contributed by atoms with Crippen molar-refractivity contribution in [2.45, 2.75) is 109 Å². The quantitative estimate of drug-likeness (QED) is 0.222. The fourth-order valence-corrected chi connectivity index (χ4v) is 4.01. The van der Waals surface area contributed by atoms with E-state index in [-0.39, 0.29) is 5.97 Å². The Labute approximate surface area is 157 Å². The van der Waals surface area contributed by atoms with Crippen LogP contribution < -0.4 is 0 Å². The highest BCUT2D eigenvalue weighted by atomic mass is 16.5. The van der Waals surface area contributed by atoms with E-state index < -0.39 is 0 Å². The number of carbonyl (C=O) groups excluding carboxylic acids is 1. The normalized spacial score (nSPS) is 16.1. The zero-order valence-electron chi connectivity index (χ0n) is 17.4. The first-order valence-electron chi connectivity index (χ1n) is 11.0. The van der Waals surface area contributed by atoms with Crippen molar-refractivity contribution in [2.75, 3.05) is 27.2 Å². The van der Waals surface area contributed by atoms with Crippen molar-refractivity contribution in [2.24, 2.45) is 0 Å². The standard InChI is InChI=1S/C22H44NO2/c1-4-5-6-7-8-9-10-11-15-18-22(24)25-20-19-23(2,3)21-16-13-12-14-17-21/h21H,4-20H2,1-3H3/q+1. The van der Waals surface area contributed by atoms with E-state index in [1.54, 1.807) is 0 Å². The maximum Gasteiger partial charge on any atom is 0.305 e. The second-order valence-electron chi connectivity index (χ2n) is 8.59. The fourth-order valence-electron chi connectivity index (χ4n) is 4.01. The average Bonchev–Trinajstić information content (AvgIpc) is 2.61. The third kappa shape index (κ3) is 10.9. The summed E-state index contributed by atoms with van der Waals surface area (Å²) in [7, 11) is 4.59. The summed E-state index contributed by atoms with van der Waals surface area (Å²) in [6.07, 6.45) is 19.0. The van der Waals surface area contributed by atoms with Gasteiger partial charge in [0.05, 0.1) is 20.1 Å². The number of hydrogen-bond acceptors (Lipinski definition) is 2. The summed E-state index contributed by atoms with van der Waals surface area (Å²) in [5, 5.41) is 0. The Morgan fingerprint density at radius 1 is 0.880 bits per heavy atom. The Morgan fingerprint density at radius 2 is 1.44 bits per heavy atom. The predicted octanol–water partition coefficient (Wildman–Crippen LogP) is 5.86. The second-order valence-corrected chi connectivity index (χ2v) is 8.59. The van der Waals surface area contributed by atoms with Gasteiger partial charge >= 0.3 is 5.97 Å². The van der Waals surface area contributed by atoms with Gasteiger partial charge in [-0.3, -0.25) is 4.79 Å². The molecule has 1 rings (SSSR count). The van der Waals surface area contributed by atoms with Crippen molar-refractivity contribution >= 4 is 5.97 Å². The lowest BCUT2D eigenvalue weighted by atomic mass is 9.93. The maximum atomic E-state index is 11.9. The van der Waals surface area contributed by atoms with Crippen molar-refractivity contribution < 1.29 is 14.0 Å². The van der Waals surface area contributed by atoms with E-state index in [0.29, 0.717) is 13.0 Å². The van der Waals surface area contributed by atoms with Crippen LogP contribution in [0.5, 0.6) is 0 Å². The van der Waals surface area contributed by atoms with Crippen LogP contribution in [0.25, 0.3) is 0 Å². The van der Waals surface area contributed by atoms with Crippen LogP contribution in [-0.4, -0.2) is 43.7 Å². The Morgan fingerprint density at radius 3 is 2.04 bits per heavy atom. The van der Waals surface area contributed by atoms with Gasteiger partial charge in [-0.15, -0.1) is 0 Å². The molecule has 0 aromatic heterocycles. The van der Waals surface area contributed by atoms with Crippen LogP contribution in [0.2, 0.25) is 0 Å². The van der Waals surface area contributed by atoms with Crippen LogP contribution in [0.3, 0.4) is 0 Å². The van der Waals surface area contributed by atoms with Crippen LogP contribution >= 0.6 is 0 Å². The fraction of sp³-hybridized carbons (Fsp3) is 0.955. The van der Waals surface area contributed by atoms with Crippen molar-refractivity contribution in [3.63, 3.8) is 0 Å². The van der Waals surface area contributed by atoms with Crippen molar-refractivity contribution in [3.8, 4) is 0 Å². The highest BCUT2D eigenvalue weighted by Gasteiger charge is 2.29. The predicted molar refractivity (Wildman–Crippen MR) is 107 cm³/mol. The van der Waals surface area contributed by atoms with E-state index in [4.69, 9.17) is 4.74 Å². The zero-order valence-corrected chi connectivity index (χ0v) is 17.4. The molecule has 1 saturated carbocycles. The summed E-state index contributed by atoms with van der Waals surface area (Å²) < 4.78 is 6.49. The molecule has 25 heavy (non-hydrogen) atoms. The molecule has 1 fully saturated rings.